The summed E-state index contributed by atoms with van der Waals surface area (Å²) in [6, 6.07) is 3.56. The average molecular weight is 267 g/mol. The van der Waals surface area contributed by atoms with Crippen LogP contribution in [0, 0.1) is 5.82 Å². The van der Waals surface area contributed by atoms with Crippen molar-refractivity contribution in [2.75, 3.05) is 5.32 Å². The second kappa shape index (κ2) is 5.79. The standard InChI is InChI=1S/C13H18FN3O2/c1-13(2,16)6-5-11(18)17-10-7-8(12(15)19)3-4-9(10)14/h3-4,7H,5-6,16H2,1-2H3,(H2,15,19)(H,17,18). The van der Waals surface area contributed by atoms with Crippen LogP contribution in [0.4, 0.5) is 10.1 Å². The van der Waals surface area contributed by atoms with E-state index in [2.05, 4.69) is 5.32 Å². The van der Waals surface area contributed by atoms with Gasteiger partial charge in [0.15, 0.2) is 0 Å². The van der Waals surface area contributed by atoms with Crippen LogP contribution in [0.15, 0.2) is 18.2 Å². The molecule has 0 saturated carbocycles. The Bertz CT molecular complexity index is 495. The van der Waals surface area contributed by atoms with Crippen LogP contribution in [0.3, 0.4) is 0 Å². The zero-order chi connectivity index (χ0) is 14.6. The first-order valence-electron chi connectivity index (χ1n) is 5.87. The zero-order valence-electron chi connectivity index (χ0n) is 11.0. The minimum Gasteiger partial charge on any atom is -0.366 e. The molecule has 0 aliphatic carbocycles. The molecule has 0 aliphatic heterocycles. The van der Waals surface area contributed by atoms with Gasteiger partial charge in [-0.1, -0.05) is 0 Å². The van der Waals surface area contributed by atoms with Crippen LogP contribution in [0.5, 0.6) is 0 Å². The van der Waals surface area contributed by atoms with E-state index in [9.17, 15) is 14.0 Å². The van der Waals surface area contributed by atoms with Crippen LogP contribution in [0.25, 0.3) is 0 Å². The van der Waals surface area contributed by atoms with Crippen LogP contribution in [0.1, 0.15) is 37.0 Å². The molecule has 19 heavy (non-hydrogen) atoms. The van der Waals surface area contributed by atoms with Gasteiger partial charge >= 0.3 is 0 Å². The molecule has 0 spiro atoms. The van der Waals surface area contributed by atoms with Gasteiger partial charge in [0.1, 0.15) is 5.82 Å². The quantitative estimate of drug-likeness (QED) is 0.751. The van der Waals surface area contributed by atoms with E-state index in [1.54, 1.807) is 13.8 Å². The number of primary amides is 1. The van der Waals surface area contributed by atoms with E-state index in [1.807, 2.05) is 0 Å². The molecular weight excluding hydrogens is 249 g/mol. The number of nitrogens with one attached hydrogen (secondary N) is 1. The van der Waals surface area contributed by atoms with Gasteiger partial charge in [0.05, 0.1) is 5.69 Å². The first-order chi connectivity index (χ1) is 8.69. The predicted molar refractivity (Wildman–Crippen MR) is 71.0 cm³/mol. The number of rotatable bonds is 5. The summed E-state index contributed by atoms with van der Waals surface area (Å²) >= 11 is 0. The van der Waals surface area contributed by atoms with Crippen molar-refractivity contribution < 1.29 is 14.0 Å². The minimum absolute atomic E-state index is 0.0591. The van der Waals surface area contributed by atoms with Crippen molar-refractivity contribution in [3.8, 4) is 0 Å². The highest BCUT2D eigenvalue weighted by atomic mass is 19.1. The number of nitrogens with two attached hydrogens (primary N) is 2. The third-order valence-electron chi connectivity index (χ3n) is 2.52. The van der Waals surface area contributed by atoms with Crippen LogP contribution < -0.4 is 16.8 Å². The van der Waals surface area contributed by atoms with Crippen LogP contribution in [0.2, 0.25) is 0 Å². The van der Waals surface area contributed by atoms with Crippen molar-refractivity contribution >= 4 is 17.5 Å². The maximum absolute atomic E-state index is 13.5. The molecule has 0 atom stereocenters. The monoisotopic (exact) mass is 267 g/mol. The van der Waals surface area contributed by atoms with Gasteiger partial charge in [-0.15, -0.1) is 0 Å². The molecular formula is C13H18FN3O2. The van der Waals surface area contributed by atoms with E-state index in [0.29, 0.717) is 6.42 Å². The fourth-order valence-corrected chi connectivity index (χ4v) is 1.42. The SMILES string of the molecule is CC(C)(N)CCC(=O)Nc1cc(C(N)=O)ccc1F. The first kappa shape index (κ1) is 15.1. The normalized spacial score (nSPS) is 11.2. The minimum atomic E-state index is -0.682. The molecule has 1 rings (SSSR count). The molecule has 0 bridgehead atoms. The van der Waals surface area contributed by atoms with Crippen molar-refractivity contribution in [2.45, 2.75) is 32.2 Å². The number of benzene rings is 1. The van der Waals surface area contributed by atoms with E-state index < -0.39 is 17.3 Å². The third-order valence-corrected chi connectivity index (χ3v) is 2.52. The van der Waals surface area contributed by atoms with Gasteiger partial charge < -0.3 is 16.8 Å². The number of hydrogen-bond donors (Lipinski definition) is 3. The molecule has 0 heterocycles. The Balaban J connectivity index is 2.73. The highest BCUT2D eigenvalue weighted by molar-refractivity contribution is 5.96. The number of hydrogen-bond acceptors (Lipinski definition) is 3. The summed E-state index contributed by atoms with van der Waals surface area (Å²) < 4.78 is 13.5. The van der Waals surface area contributed by atoms with E-state index in [0.717, 1.165) is 6.07 Å². The van der Waals surface area contributed by atoms with Crippen molar-refractivity contribution in [3.63, 3.8) is 0 Å². The lowest BCUT2D eigenvalue weighted by Crippen LogP contribution is -2.33. The molecule has 0 aliphatic rings. The van der Waals surface area contributed by atoms with Gasteiger partial charge in [0, 0.05) is 17.5 Å². The topological polar surface area (TPSA) is 98.2 Å². The highest BCUT2D eigenvalue weighted by Gasteiger charge is 2.15. The van der Waals surface area contributed by atoms with Gasteiger partial charge in [-0.05, 0) is 38.5 Å². The highest BCUT2D eigenvalue weighted by Crippen LogP contribution is 2.17. The lowest BCUT2D eigenvalue weighted by atomic mass is 10.00. The summed E-state index contributed by atoms with van der Waals surface area (Å²) in [5.74, 6) is -1.66. The summed E-state index contributed by atoms with van der Waals surface area (Å²) in [5.41, 5.74) is 10.5. The summed E-state index contributed by atoms with van der Waals surface area (Å²) in [6.45, 7) is 3.60. The van der Waals surface area contributed by atoms with E-state index in [-0.39, 0.29) is 23.6 Å². The fraction of sp³-hybridized carbons (Fsp3) is 0.385. The van der Waals surface area contributed by atoms with Gasteiger partial charge in [-0.2, -0.15) is 0 Å². The number of anilines is 1. The van der Waals surface area contributed by atoms with Gasteiger partial charge in [-0.3, -0.25) is 9.59 Å². The first-order valence-corrected chi connectivity index (χ1v) is 5.87. The molecule has 6 heteroatoms. The summed E-state index contributed by atoms with van der Waals surface area (Å²) in [7, 11) is 0. The lowest BCUT2D eigenvalue weighted by molar-refractivity contribution is -0.116. The smallest absolute Gasteiger partial charge is 0.248 e. The lowest BCUT2D eigenvalue weighted by Gasteiger charge is -2.17. The van der Waals surface area contributed by atoms with Gasteiger partial charge in [-0.25, -0.2) is 4.39 Å². The van der Waals surface area contributed by atoms with E-state index >= 15 is 0 Å². The summed E-state index contributed by atoms with van der Waals surface area (Å²) in [6.07, 6.45) is 0.639. The predicted octanol–water partition coefficient (Wildman–Crippen LogP) is 1.38. The molecule has 1 aromatic carbocycles. The van der Waals surface area contributed by atoms with Crippen molar-refractivity contribution in [2.24, 2.45) is 11.5 Å². The van der Waals surface area contributed by atoms with Gasteiger partial charge in [0.25, 0.3) is 0 Å². The second-order valence-corrected chi connectivity index (χ2v) is 5.10. The van der Waals surface area contributed by atoms with E-state index in [1.165, 1.54) is 12.1 Å². The largest absolute Gasteiger partial charge is 0.366 e. The maximum atomic E-state index is 13.5. The average Bonchev–Trinajstić information content (AvgIpc) is 2.28. The Kier molecular flexibility index (Phi) is 4.61. The third kappa shape index (κ3) is 5.05. The molecule has 1 aromatic rings. The molecule has 5 N–H and O–H groups in total. The Morgan fingerprint density at radius 1 is 1.37 bits per heavy atom. The Hall–Kier alpha value is -1.95. The number of carbonyl (C=O) groups is 2. The number of carbonyl (C=O) groups excluding carboxylic acids is 2. The number of halogens is 1. The molecule has 0 aromatic heterocycles. The fourth-order valence-electron chi connectivity index (χ4n) is 1.42. The zero-order valence-corrected chi connectivity index (χ0v) is 11.0. The molecule has 2 amide bonds. The Labute approximate surface area is 111 Å². The summed E-state index contributed by atoms with van der Waals surface area (Å²) in [5, 5.41) is 2.40. The van der Waals surface area contributed by atoms with Gasteiger partial charge in [0.2, 0.25) is 11.8 Å². The molecule has 0 fully saturated rings. The Morgan fingerprint density at radius 2 is 2.00 bits per heavy atom. The molecule has 5 nitrogen and oxygen atoms in total. The number of amides is 2. The van der Waals surface area contributed by atoms with Crippen LogP contribution in [-0.2, 0) is 4.79 Å². The Morgan fingerprint density at radius 3 is 2.53 bits per heavy atom. The van der Waals surface area contributed by atoms with Crippen molar-refractivity contribution in [3.05, 3.63) is 29.6 Å². The summed E-state index contributed by atoms with van der Waals surface area (Å²) in [4.78, 5) is 22.6. The van der Waals surface area contributed by atoms with Crippen molar-refractivity contribution in [1.29, 1.82) is 0 Å². The van der Waals surface area contributed by atoms with Crippen LogP contribution in [-0.4, -0.2) is 17.4 Å². The second-order valence-electron chi connectivity index (χ2n) is 5.10. The molecule has 104 valence electrons. The molecule has 0 radical (unpaired) electrons. The molecule has 0 saturated heterocycles. The van der Waals surface area contributed by atoms with Crippen molar-refractivity contribution in [1.82, 2.24) is 0 Å². The molecule has 0 unspecified atom stereocenters. The van der Waals surface area contributed by atoms with Crippen LogP contribution >= 0.6 is 0 Å². The van der Waals surface area contributed by atoms with E-state index in [4.69, 9.17) is 11.5 Å². The maximum Gasteiger partial charge on any atom is 0.248 e.